The molecule has 0 bridgehead atoms. The van der Waals surface area contributed by atoms with E-state index < -0.39 is 0 Å². The van der Waals surface area contributed by atoms with Crippen LogP contribution in [0.3, 0.4) is 0 Å². The molecule has 1 aromatic carbocycles. The number of rotatable bonds is 8. The minimum absolute atomic E-state index is 0.778. The summed E-state index contributed by atoms with van der Waals surface area (Å²) in [6, 6.07) is 4.25. The molecule has 0 aliphatic carbocycles. The summed E-state index contributed by atoms with van der Waals surface area (Å²) >= 11 is 5.45. The predicted molar refractivity (Wildman–Crippen MR) is 84.8 cm³/mol. The van der Waals surface area contributed by atoms with E-state index in [4.69, 9.17) is 4.74 Å². The van der Waals surface area contributed by atoms with Crippen molar-refractivity contribution in [3.63, 3.8) is 0 Å². The Bertz CT molecular complexity index is 371. The Morgan fingerprint density at radius 1 is 1.33 bits per heavy atom. The molecule has 1 rings (SSSR count). The fraction of sp³-hybridized carbons (Fsp3) is 0.571. The lowest BCUT2D eigenvalue weighted by atomic mass is 10.1. The molecule has 0 aliphatic rings. The molecule has 1 aromatic rings. The number of thioether (sulfide) groups is 1. The van der Waals surface area contributed by atoms with Crippen molar-refractivity contribution in [1.29, 1.82) is 0 Å². The van der Waals surface area contributed by atoms with Gasteiger partial charge in [0.25, 0.3) is 0 Å². The average molecular weight is 332 g/mol. The third kappa shape index (κ3) is 5.21. The SMILES string of the molecule is CCNCc1cc(Br)cc(C)c1OCCSCC. The van der Waals surface area contributed by atoms with Crippen LogP contribution in [0.5, 0.6) is 5.75 Å². The molecule has 0 radical (unpaired) electrons. The monoisotopic (exact) mass is 331 g/mol. The predicted octanol–water partition coefficient (Wildman–Crippen LogP) is 4.00. The van der Waals surface area contributed by atoms with E-state index in [0.717, 1.165) is 41.4 Å². The first-order valence-corrected chi connectivity index (χ1v) is 8.34. The molecular weight excluding hydrogens is 310 g/mol. The van der Waals surface area contributed by atoms with Gasteiger partial charge in [-0.25, -0.2) is 0 Å². The number of ether oxygens (including phenoxy) is 1. The second kappa shape index (κ2) is 8.83. The molecule has 4 heteroatoms. The van der Waals surface area contributed by atoms with Crippen LogP contribution < -0.4 is 10.1 Å². The maximum Gasteiger partial charge on any atom is 0.126 e. The van der Waals surface area contributed by atoms with E-state index in [1.54, 1.807) is 0 Å². The van der Waals surface area contributed by atoms with Gasteiger partial charge in [-0.15, -0.1) is 0 Å². The van der Waals surface area contributed by atoms with E-state index in [1.165, 1.54) is 11.1 Å². The van der Waals surface area contributed by atoms with Crippen LogP contribution in [0.1, 0.15) is 25.0 Å². The summed E-state index contributed by atoms with van der Waals surface area (Å²) in [5.41, 5.74) is 2.42. The standard InChI is InChI=1S/C14H22BrNOS/c1-4-16-10-12-9-13(15)8-11(3)14(12)17-6-7-18-5-2/h8-9,16H,4-7,10H2,1-3H3. The van der Waals surface area contributed by atoms with Gasteiger partial charge in [0.15, 0.2) is 0 Å². The van der Waals surface area contributed by atoms with Gasteiger partial charge in [0.05, 0.1) is 6.61 Å². The summed E-state index contributed by atoms with van der Waals surface area (Å²) in [7, 11) is 0. The van der Waals surface area contributed by atoms with Crippen molar-refractivity contribution in [2.75, 3.05) is 24.7 Å². The van der Waals surface area contributed by atoms with Crippen LogP contribution in [0.25, 0.3) is 0 Å². The van der Waals surface area contributed by atoms with Crippen LogP contribution >= 0.6 is 27.7 Å². The van der Waals surface area contributed by atoms with E-state index in [2.05, 4.69) is 54.2 Å². The van der Waals surface area contributed by atoms with Gasteiger partial charge in [-0.05, 0) is 36.9 Å². The molecule has 0 heterocycles. The molecule has 0 saturated carbocycles. The topological polar surface area (TPSA) is 21.3 Å². The number of hydrogen-bond acceptors (Lipinski definition) is 3. The maximum absolute atomic E-state index is 5.94. The summed E-state index contributed by atoms with van der Waals surface area (Å²) in [6.45, 7) is 8.99. The van der Waals surface area contributed by atoms with Gasteiger partial charge in [0.2, 0.25) is 0 Å². The Labute approximate surface area is 123 Å². The molecule has 0 fully saturated rings. The van der Waals surface area contributed by atoms with Crippen molar-refractivity contribution in [3.05, 3.63) is 27.7 Å². The van der Waals surface area contributed by atoms with Crippen LogP contribution in [0, 0.1) is 6.92 Å². The highest BCUT2D eigenvalue weighted by atomic mass is 79.9. The van der Waals surface area contributed by atoms with Crippen molar-refractivity contribution >= 4 is 27.7 Å². The molecule has 2 nitrogen and oxygen atoms in total. The molecule has 1 N–H and O–H groups in total. The second-order valence-electron chi connectivity index (χ2n) is 4.04. The largest absolute Gasteiger partial charge is 0.492 e. The molecule has 18 heavy (non-hydrogen) atoms. The van der Waals surface area contributed by atoms with Crippen molar-refractivity contribution < 1.29 is 4.74 Å². The zero-order valence-electron chi connectivity index (χ0n) is 11.4. The highest BCUT2D eigenvalue weighted by Crippen LogP contribution is 2.28. The Kier molecular flexibility index (Phi) is 7.79. The van der Waals surface area contributed by atoms with E-state index in [1.807, 2.05) is 11.8 Å². The number of halogens is 1. The summed E-state index contributed by atoms with van der Waals surface area (Å²) in [4.78, 5) is 0. The van der Waals surface area contributed by atoms with E-state index in [9.17, 15) is 0 Å². The number of nitrogens with one attached hydrogen (secondary N) is 1. The first-order valence-electron chi connectivity index (χ1n) is 6.39. The molecule has 0 spiro atoms. The zero-order valence-corrected chi connectivity index (χ0v) is 13.8. The minimum atomic E-state index is 0.778. The fourth-order valence-electron chi connectivity index (χ4n) is 1.74. The molecule has 0 amide bonds. The highest BCUT2D eigenvalue weighted by molar-refractivity contribution is 9.10. The van der Waals surface area contributed by atoms with Crippen molar-refractivity contribution in [2.45, 2.75) is 27.3 Å². The van der Waals surface area contributed by atoms with Crippen LogP contribution in [-0.4, -0.2) is 24.7 Å². The molecule has 0 atom stereocenters. The van der Waals surface area contributed by atoms with Gasteiger partial charge in [0.1, 0.15) is 5.75 Å². The number of hydrogen-bond donors (Lipinski definition) is 1. The van der Waals surface area contributed by atoms with Crippen LogP contribution in [0.4, 0.5) is 0 Å². The summed E-state index contributed by atoms with van der Waals surface area (Å²) in [5.74, 6) is 3.23. The summed E-state index contributed by atoms with van der Waals surface area (Å²) in [6.07, 6.45) is 0. The van der Waals surface area contributed by atoms with E-state index in [0.29, 0.717) is 0 Å². The van der Waals surface area contributed by atoms with Gasteiger partial charge in [0, 0.05) is 22.3 Å². The lowest BCUT2D eigenvalue weighted by Gasteiger charge is -2.15. The van der Waals surface area contributed by atoms with Crippen LogP contribution in [0.2, 0.25) is 0 Å². The highest BCUT2D eigenvalue weighted by Gasteiger charge is 2.08. The molecule has 0 unspecified atom stereocenters. The fourth-order valence-corrected chi connectivity index (χ4v) is 2.85. The van der Waals surface area contributed by atoms with Crippen molar-refractivity contribution in [1.82, 2.24) is 5.32 Å². The average Bonchev–Trinajstić information content (AvgIpc) is 2.34. The van der Waals surface area contributed by atoms with Gasteiger partial charge in [-0.2, -0.15) is 11.8 Å². The normalized spacial score (nSPS) is 10.7. The molecule has 102 valence electrons. The third-order valence-electron chi connectivity index (χ3n) is 2.56. The lowest BCUT2D eigenvalue weighted by molar-refractivity contribution is 0.336. The van der Waals surface area contributed by atoms with Gasteiger partial charge in [-0.1, -0.05) is 29.8 Å². The second-order valence-corrected chi connectivity index (χ2v) is 6.35. The summed E-state index contributed by atoms with van der Waals surface area (Å²) in [5, 5.41) is 3.35. The van der Waals surface area contributed by atoms with Gasteiger partial charge < -0.3 is 10.1 Å². The smallest absolute Gasteiger partial charge is 0.126 e. The maximum atomic E-state index is 5.94. The van der Waals surface area contributed by atoms with E-state index in [-0.39, 0.29) is 0 Å². The zero-order chi connectivity index (χ0) is 13.4. The molecule has 0 aromatic heterocycles. The minimum Gasteiger partial charge on any atom is -0.492 e. The van der Waals surface area contributed by atoms with Gasteiger partial charge >= 0.3 is 0 Å². The summed E-state index contributed by atoms with van der Waals surface area (Å²) < 4.78 is 7.05. The van der Waals surface area contributed by atoms with Gasteiger partial charge in [-0.3, -0.25) is 0 Å². The molecule has 0 aliphatic heterocycles. The third-order valence-corrected chi connectivity index (χ3v) is 3.88. The number of benzene rings is 1. The Morgan fingerprint density at radius 3 is 2.78 bits per heavy atom. The first kappa shape index (κ1) is 15.9. The lowest BCUT2D eigenvalue weighted by Crippen LogP contribution is -2.14. The Morgan fingerprint density at radius 2 is 2.11 bits per heavy atom. The first-order chi connectivity index (χ1) is 8.69. The molecule has 0 saturated heterocycles. The number of aryl methyl sites for hydroxylation is 1. The Hall–Kier alpha value is -0.190. The molecular formula is C14H22BrNOS. The van der Waals surface area contributed by atoms with Crippen molar-refractivity contribution in [3.8, 4) is 5.75 Å². The van der Waals surface area contributed by atoms with Crippen molar-refractivity contribution in [2.24, 2.45) is 0 Å². The Balaban J connectivity index is 2.72. The van der Waals surface area contributed by atoms with E-state index >= 15 is 0 Å². The van der Waals surface area contributed by atoms with Crippen LogP contribution in [0.15, 0.2) is 16.6 Å². The van der Waals surface area contributed by atoms with Crippen LogP contribution in [-0.2, 0) is 6.54 Å². The quantitative estimate of drug-likeness (QED) is 0.727.